The summed E-state index contributed by atoms with van der Waals surface area (Å²) in [5.41, 5.74) is 20.0. The molecule has 2 heteroatoms. The fourth-order valence-electron chi connectivity index (χ4n) is 11.3. The van der Waals surface area contributed by atoms with Crippen molar-refractivity contribution >= 4 is 32.3 Å². The predicted octanol–water partition coefficient (Wildman–Crippen LogP) is 15.6. The summed E-state index contributed by atoms with van der Waals surface area (Å²) in [4.78, 5) is 0. The molecule has 62 heavy (non-hydrogen) atoms. The lowest BCUT2D eigenvalue weighted by molar-refractivity contribution is 0.660. The molecule has 0 spiro atoms. The summed E-state index contributed by atoms with van der Waals surface area (Å²) in [7, 11) is 0. The Balaban J connectivity index is 1.22. The summed E-state index contributed by atoms with van der Waals surface area (Å²) >= 11 is 0. The topological polar surface area (TPSA) is 47.6 Å². The van der Waals surface area contributed by atoms with Gasteiger partial charge in [0, 0.05) is 22.0 Å². The smallest absolute Gasteiger partial charge is 0.0998 e. The molecular weight excluding hydrogens is 749 g/mol. The van der Waals surface area contributed by atoms with E-state index < -0.39 is 0 Å². The maximum absolute atomic E-state index is 10.5. The Kier molecular flexibility index (Phi) is 7.49. The van der Waals surface area contributed by atoms with E-state index >= 15 is 0 Å². The standard InChI is InChI=1S/C60H40N2/c1-59(2)53-19-11-9-17-41(53)51-29-35(21-27-55(51)59)47-31-49(39-15-7-5-13-37(39)33-61)45-26-24-44-48(36-22-28-56-52(30-36)42-18-10-12-20-54(42)60(56,3)4)32-50(40-16-8-6-14-38(40)34-62)46-25-23-43(47)57(45)58(44)46/h5-32H,1-4H3. The van der Waals surface area contributed by atoms with Crippen LogP contribution in [0.2, 0.25) is 0 Å². The molecule has 2 aliphatic rings. The van der Waals surface area contributed by atoms with Crippen molar-refractivity contribution in [3.8, 4) is 78.9 Å². The van der Waals surface area contributed by atoms with Gasteiger partial charge in [-0.15, -0.1) is 0 Å². The molecule has 0 heterocycles. The highest BCUT2D eigenvalue weighted by molar-refractivity contribution is 6.32. The van der Waals surface area contributed by atoms with Gasteiger partial charge in [-0.1, -0.05) is 161 Å². The average molecular weight is 789 g/mol. The van der Waals surface area contributed by atoms with Crippen molar-refractivity contribution in [2.45, 2.75) is 38.5 Å². The highest BCUT2D eigenvalue weighted by Gasteiger charge is 2.37. The maximum Gasteiger partial charge on any atom is 0.0998 e. The highest BCUT2D eigenvalue weighted by Crippen LogP contribution is 2.54. The number of hydrogen-bond donors (Lipinski definition) is 0. The van der Waals surface area contributed by atoms with E-state index in [0.29, 0.717) is 11.1 Å². The number of nitrogens with zero attached hydrogens (tertiary/aromatic N) is 2. The van der Waals surface area contributed by atoms with Crippen LogP contribution in [0.5, 0.6) is 0 Å². The predicted molar refractivity (Wildman–Crippen MR) is 256 cm³/mol. The van der Waals surface area contributed by atoms with Gasteiger partial charge in [-0.3, -0.25) is 0 Å². The third-order valence-electron chi connectivity index (χ3n) is 14.4. The number of rotatable bonds is 4. The summed E-state index contributed by atoms with van der Waals surface area (Å²) < 4.78 is 0. The molecule has 0 fully saturated rings. The number of hydrogen-bond acceptors (Lipinski definition) is 2. The first-order chi connectivity index (χ1) is 30.2. The van der Waals surface area contributed by atoms with Gasteiger partial charge in [0.05, 0.1) is 23.3 Å². The first-order valence-corrected chi connectivity index (χ1v) is 21.5. The quantitative estimate of drug-likeness (QED) is 0.167. The minimum absolute atomic E-state index is 0.105. The largest absolute Gasteiger partial charge is 0.192 e. The van der Waals surface area contributed by atoms with E-state index in [0.717, 1.165) is 76.8 Å². The summed E-state index contributed by atoms with van der Waals surface area (Å²) in [5.74, 6) is 0. The SMILES string of the molecule is CC1(C)c2ccccc2-c2cc(-c3cc(-c4ccccc4C#N)c4ccc5c(-c6ccc7c(c6)-c6ccccc6C7(C)C)cc(-c6ccccc6C#N)c6ccc3c4c56)ccc21. The van der Waals surface area contributed by atoms with Crippen molar-refractivity contribution in [3.05, 3.63) is 203 Å². The van der Waals surface area contributed by atoms with E-state index in [1.165, 1.54) is 44.5 Å². The number of benzene rings is 10. The van der Waals surface area contributed by atoms with E-state index in [4.69, 9.17) is 0 Å². The van der Waals surface area contributed by atoms with Crippen LogP contribution in [0, 0.1) is 22.7 Å². The average Bonchev–Trinajstić information content (AvgIpc) is 3.69. The van der Waals surface area contributed by atoms with Gasteiger partial charge in [-0.05, 0) is 147 Å². The normalized spacial score (nSPS) is 14.0. The van der Waals surface area contributed by atoms with Gasteiger partial charge in [0.2, 0.25) is 0 Å². The Labute approximate surface area is 361 Å². The molecule has 0 aliphatic heterocycles. The van der Waals surface area contributed by atoms with Crippen LogP contribution in [0.25, 0.3) is 99.1 Å². The highest BCUT2D eigenvalue weighted by atomic mass is 14.4. The zero-order chi connectivity index (χ0) is 42.1. The van der Waals surface area contributed by atoms with Gasteiger partial charge in [0.25, 0.3) is 0 Å². The minimum Gasteiger partial charge on any atom is -0.192 e. The van der Waals surface area contributed by atoms with Crippen LogP contribution in [-0.4, -0.2) is 0 Å². The Morgan fingerprint density at radius 2 is 0.645 bits per heavy atom. The van der Waals surface area contributed by atoms with E-state index in [1.807, 2.05) is 36.4 Å². The van der Waals surface area contributed by atoms with Gasteiger partial charge in [-0.25, -0.2) is 0 Å². The molecule has 0 aromatic heterocycles. The van der Waals surface area contributed by atoms with Gasteiger partial charge < -0.3 is 0 Å². The third-order valence-corrected chi connectivity index (χ3v) is 14.4. The van der Waals surface area contributed by atoms with E-state index in [-0.39, 0.29) is 10.8 Å². The molecule has 0 unspecified atom stereocenters. The summed E-state index contributed by atoms with van der Waals surface area (Å²) in [6.07, 6.45) is 0. The molecule has 0 atom stereocenters. The van der Waals surface area contributed by atoms with Gasteiger partial charge in [0.15, 0.2) is 0 Å². The molecule has 10 aromatic rings. The second-order valence-electron chi connectivity index (χ2n) is 18.2. The summed E-state index contributed by atoms with van der Waals surface area (Å²) in [6, 6.07) is 66.4. The molecule has 0 radical (unpaired) electrons. The van der Waals surface area contributed by atoms with E-state index in [9.17, 15) is 10.5 Å². The molecule has 0 bridgehead atoms. The Hall–Kier alpha value is -7.78. The first kappa shape index (κ1) is 36.1. The number of fused-ring (bicyclic) bond motifs is 6. The molecule has 0 amide bonds. The van der Waals surface area contributed by atoms with E-state index in [2.05, 4.69) is 173 Å². The summed E-state index contributed by atoms with van der Waals surface area (Å²) in [6.45, 7) is 9.30. The molecule has 0 N–H and O–H groups in total. The second kappa shape index (κ2) is 12.9. The van der Waals surface area contributed by atoms with Crippen LogP contribution in [-0.2, 0) is 10.8 Å². The monoisotopic (exact) mass is 788 g/mol. The number of nitriles is 2. The van der Waals surface area contributed by atoms with Crippen molar-refractivity contribution in [1.82, 2.24) is 0 Å². The molecule has 2 aliphatic carbocycles. The first-order valence-electron chi connectivity index (χ1n) is 21.5. The fraction of sp³-hybridized carbons (Fsp3) is 0.100. The molecule has 10 aromatic carbocycles. The molecule has 0 saturated heterocycles. The lowest BCUT2D eigenvalue weighted by Crippen LogP contribution is -2.14. The van der Waals surface area contributed by atoms with Crippen molar-refractivity contribution < 1.29 is 0 Å². The van der Waals surface area contributed by atoms with Crippen molar-refractivity contribution in [2.75, 3.05) is 0 Å². The zero-order valence-electron chi connectivity index (χ0n) is 35.1. The van der Waals surface area contributed by atoms with Crippen LogP contribution >= 0.6 is 0 Å². The minimum atomic E-state index is -0.105. The van der Waals surface area contributed by atoms with Crippen LogP contribution in [0.1, 0.15) is 61.1 Å². The van der Waals surface area contributed by atoms with Crippen LogP contribution in [0.15, 0.2) is 170 Å². The van der Waals surface area contributed by atoms with Gasteiger partial charge in [-0.2, -0.15) is 10.5 Å². The molecule has 12 rings (SSSR count). The molecule has 2 nitrogen and oxygen atoms in total. The van der Waals surface area contributed by atoms with Crippen LogP contribution < -0.4 is 0 Å². The Morgan fingerprint density at radius 1 is 0.306 bits per heavy atom. The second-order valence-corrected chi connectivity index (χ2v) is 18.2. The van der Waals surface area contributed by atoms with Crippen molar-refractivity contribution in [1.29, 1.82) is 10.5 Å². The lowest BCUT2D eigenvalue weighted by Gasteiger charge is -2.23. The zero-order valence-corrected chi connectivity index (χ0v) is 35.1. The van der Waals surface area contributed by atoms with E-state index in [1.54, 1.807) is 0 Å². The van der Waals surface area contributed by atoms with Crippen LogP contribution in [0.3, 0.4) is 0 Å². The summed E-state index contributed by atoms with van der Waals surface area (Å²) in [5, 5.41) is 27.9. The Morgan fingerprint density at radius 3 is 1.05 bits per heavy atom. The molecule has 0 saturated carbocycles. The fourth-order valence-corrected chi connectivity index (χ4v) is 11.3. The van der Waals surface area contributed by atoms with Crippen molar-refractivity contribution in [3.63, 3.8) is 0 Å². The molecule has 290 valence electrons. The maximum atomic E-state index is 10.5. The van der Waals surface area contributed by atoms with Crippen LogP contribution in [0.4, 0.5) is 0 Å². The third kappa shape index (κ3) is 4.84. The van der Waals surface area contributed by atoms with Gasteiger partial charge in [0.1, 0.15) is 0 Å². The molecular formula is C60H40N2. The van der Waals surface area contributed by atoms with Gasteiger partial charge >= 0.3 is 0 Å². The van der Waals surface area contributed by atoms with Crippen molar-refractivity contribution in [2.24, 2.45) is 0 Å². The Bertz CT molecular complexity index is 3420. The lowest BCUT2D eigenvalue weighted by atomic mass is 9.79.